The smallest absolute Gasteiger partial charge is 0.390 e. The Labute approximate surface area is 185 Å². The van der Waals surface area contributed by atoms with Crippen molar-refractivity contribution in [3.63, 3.8) is 0 Å². The van der Waals surface area contributed by atoms with Gasteiger partial charge in [0.2, 0.25) is 6.41 Å². The summed E-state index contributed by atoms with van der Waals surface area (Å²) >= 11 is 0. The number of hydrogen-bond donors (Lipinski definition) is 4. The molecule has 0 heterocycles. The Morgan fingerprint density at radius 3 is 2.34 bits per heavy atom. The van der Waals surface area contributed by atoms with E-state index in [-0.39, 0.29) is 18.0 Å². The molecule has 0 spiro atoms. The number of aliphatic hydroxyl groups is 1. The zero-order valence-corrected chi connectivity index (χ0v) is 18.2. The fourth-order valence-corrected chi connectivity index (χ4v) is 3.14. The SMILES string of the molecule is CC(C)(O)C(CCCN=C(N)/C(=C\C(=N)c1ccc(F)cc1)C(F)(F)F)CCCNC=O. The summed E-state index contributed by atoms with van der Waals surface area (Å²) in [5.74, 6) is -1.43. The molecule has 0 bridgehead atoms. The number of rotatable bonds is 13. The van der Waals surface area contributed by atoms with Crippen LogP contribution in [0.25, 0.3) is 0 Å². The van der Waals surface area contributed by atoms with Crippen LogP contribution in [0.15, 0.2) is 40.9 Å². The van der Waals surface area contributed by atoms with Gasteiger partial charge >= 0.3 is 6.18 Å². The van der Waals surface area contributed by atoms with Gasteiger partial charge in [0.25, 0.3) is 0 Å². The Bertz CT molecular complexity index is 813. The van der Waals surface area contributed by atoms with Gasteiger partial charge in [0.15, 0.2) is 0 Å². The van der Waals surface area contributed by atoms with Crippen molar-refractivity contribution in [2.75, 3.05) is 13.1 Å². The lowest BCUT2D eigenvalue weighted by molar-refractivity contribution is -0.109. The summed E-state index contributed by atoms with van der Waals surface area (Å²) in [6.07, 6.45) is -1.45. The molecule has 0 aliphatic rings. The highest BCUT2D eigenvalue weighted by atomic mass is 19.4. The normalized spacial score (nSPS) is 14.2. The fourth-order valence-electron chi connectivity index (χ4n) is 3.14. The van der Waals surface area contributed by atoms with Gasteiger partial charge in [-0.2, -0.15) is 13.2 Å². The number of aliphatic imine (C=N–C) groups is 1. The highest BCUT2D eigenvalue weighted by molar-refractivity contribution is 6.12. The molecule has 1 amide bonds. The molecule has 1 aromatic carbocycles. The van der Waals surface area contributed by atoms with E-state index in [0.717, 1.165) is 12.1 Å². The van der Waals surface area contributed by atoms with Crippen molar-refractivity contribution in [2.45, 2.75) is 51.3 Å². The Morgan fingerprint density at radius 1 is 1.22 bits per heavy atom. The topological polar surface area (TPSA) is 112 Å². The summed E-state index contributed by atoms with van der Waals surface area (Å²) in [6, 6.07) is 4.51. The lowest BCUT2D eigenvalue weighted by Gasteiger charge is -2.29. The van der Waals surface area contributed by atoms with E-state index in [1.54, 1.807) is 13.8 Å². The minimum atomic E-state index is -4.82. The number of benzene rings is 1. The van der Waals surface area contributed by atoms with Crippen molar-refractivity contribution in [3.8, 4) is 0 Å². The van der Waals surface area contributed by atoms with E-state index in [9.17, 15) is 27.5 Å². The minimum absolute atomic E-state index is 0.0162. The van der Waals surface area contributed by atoms with Crippen molar-refractivity contribution < 1.29 is 27.5 Å². The first-order chi connectivity index (χ1) is 14.9. The molecule has 5 N–H and O–H groups in total. The maximum Gasteiger partial charge on any atom is 0.420 e. The van der Waals surface area contributed by atoms with Crippen LogP contribution in [0, 0.1) is 17.1 Å². The highest BCUT2D eigenvalue weighted by Gasteiger charge is 2.36. The highest BCUT2D eigenvalue weighted by Crippen LogP contribution is 2.28. The molecule has 0 saturated carbocycles. The zero-order valence-electron chi connectivity index (χ0n) is 18.2. The summed E-state index contributed by atoms with van der Waals surface area (Å²) in [7, 11) is 0. The average Bonchev–Trinajstić information content (AvgIpc) is 2.69. The molecule has 1 unspecified atom stereocenters. The summed E-state index contributed by atoms with van der Waals surface area (Å²) < 4.78 is 53.4. The van der Waals surface area contributed by atoms with Crippen molar-refractivity contribution in [1.29, 1.82) is 5.41 Å². The number of alkyl halides is 3. The van der Waals surface area contributed by atoms with Crippen LogP contribution in [0.3, 0.4) is 0 Å². The molecule has 32 heavy (non-hydrogen) atoms. The molecule has 10 heteroatoms. The van der Waals surface area contributed by atoms with Crippen LogP contribution in [0.2, 0.25) is 0 Å². The lowest BCUT2D eigenvalue weighted by atomic mass is 9.83. The number of amidine groups is 1. The Balaban J connectivity index is 2.83. The number of carbonyl (C=O) groups is 1. The van der Waals surface area contributed by atoms with Crippen LogP contribution in [0.5, 0.6) is 0 Å². The van der Waals surface area contributed by atoms with Crippen LogP contribution in [-0.2, 0) is 4.79 Å². The third-order valence-corrected chi connectivity index (χ3v) is 4.97. The van der Waals surface area contributed by atoms with Crippen molar-refractivity contribution in [3.05, 3.63) is 47.3 Å². The molecular formula is C22H30F4N4O2. The zero-order chi connectivity index (χ0) is 24.4. The van der Waals surface area contributed by atoms with Gasteiger partial charge in [-0.25, -0.2) is 4.39 Å². The number of hydrogen-bond acceptors (Lipinski definition) is 4. The second-order valence-corrected chi connectivity index (χ2v) is 7.95. The fraction of sp³-hybridized carbons (Fsp3) is 0.500. The molecule has 178 valence electrons. The van der Waals surface area contributed by atoms with Crippen molar-refractivity contribution >= 4 is 18.0 Å². The van der Waals surface area contributed by atoms with Gasteiger partial charge in [-0.05, 0) is 81.4 Å². The summed E-state index contributed by atoms with van der Waals surface area (Å²) in [5.41, 5.74) is 2.99. The van der Waals surface area contributed by atoms with E-state index < -0.39 is 34.7 Å². The van der Waals surface area contributed by atoms with E-state index in [0.29, 0.717) is 44.7 Å². The first kappa shape index (κ1) is 27.3. The summed E-state index contributed by atoms with van der Waals surface area (Å²) in [6.45, 7) is 3.81. The second kappa shape index (κ2) is 12.3. The number of nitrogens with zero attached hydrogens (tertiary/aromatic N) is 1. The van der Waals surface area contributed by atoms with Gasteiger partial charge in [-0.1, -0.05) is 0 Å². The van der Waals surface area contributed by atoms with Crippen LogP contribution in [0.4, 0.5) is 17.6 Å². The van der Waals surface area contributed by atoms with Crippen LogP contribution >= 0.6 is 0 Å². The minimum Gasteiger partial charge on any atom is -0.390 e. The number of halogens is 4. The Kier molecular flexibility index (Phi) is 10.5. The maximum atomic E-state index is 13.5. The molecule has 1 aromatic rings. The molecule has 1 rings (SSSR count). The van der Waals surface area contributed by atoms with Crippen LogP contribution in [-0.4, -0.2) is 47.9 Å². The molecule has 1 atom stereocenters. The standard InChI is InChI=1S/C22H30F4N4O2/c1-21(2,32)16(5-3-11-29-14-31)6-4-12-30-20(28)18(22(24,25)26)13-19(27)15-7-9-17(23)10-8-15/h7-10,13-14,16,27,32H,3-6,11-12H2,1-2H3,(H2,28,30)(H,29,31)/b18-13+,27-19?. The van der Waals surface area contributed by atoms with Gasteiger partial charge in [0.05, 0.1) is 16.9 Å². The average molecular weight is 459 g/mol. The largest absolute Gasteiger partial charge is 0.420 e. The Hall–Kier alpha value is -2.75. The third-order valence-electron chi connectivity index (χ3n) is 4.97. The molecule has 0 aliphatic heterocycles. The predicted octanol–water partition coefficient (Wildman–Crippen LogP) is 3.73. The molecule has 0 aliphatic carbocycles. The molecule has 0 saturated heterocycles. The number of allylic oxidation sites excluding steroid dienone is 1. The van der Waals surface area contributed by atoms with Crippen LogP contribution in [0.1, 0.15) is 45.1 Å². The quantitative estimate of drug-likeness (QED) is 0.119. The lowest BCUT2D eigenvalue weighted by Crippen LogP contribution is -2.32. The van der Waals surface area contributed by atoms with Gasteiger partial charge in [-0.15, -0.1) is 0 Å². The number of carbonyl (C=O) groups excluding carboxylic acids is 1. The van der Waals surface area contributed by atoms with Crippen LogP contribution < -0.4 is 11.1 Å². The molecule has 0 fully saturated rings. The number of nitrogens with one attached hydrogen (secondary N) is 2. The van der Waals surface area contributed by atoms with Crippen molar-refractivity contribution in [2.24, 2.45) is 16.6 Å². The van der Waals surface area contributed by atoms with E-state index in [4.69, 9.17) is 11.1 Å². The monoisotopic (exact) mass is 458 g/mol. The van der Waals surface area contributed by atoms with E-state index >= 15 is 0 Å². The molecule has 0 radical (unpaired) electrons. The predicted molar refractivity (Wildman–Crippen MR) is 116 cm³/mol. The summed E-state index contributed by atoms with van der Waals surface area (Å²) in [4.78, 5) is 14.1. The first-order valence-electron chi connectivity index (χ1n) is 10.2. The molecular weight excluding hydrogens is 428 g/mol. The van der Waals surface area contributed by atoms with Gasteiger partial charge in [0.1, 0.15) is 11.7 Å². The Morgan fingerprint density at radius 2 is 1.81 bits per heavy atom. The number of nitrogens with two attached hydrogens (primary N) is 1. The second-order valence-electron chi connectivity index (χ2n) is 7.95. The van der Waals surface area contributed by atoms with Gasteiger partial charge in [0, 0.05) is 13.1 Å². The summed E-state index contributed by atoms with van der Waals surface area (Å²) in [5, 5.41) is 20.7. The third kappa shape index (κ3) is 9.59. The molecule has 6 nitrogen and oxygen atoms in total. The van der Waals surface area contributed by atoms with E-state index in [2.05, 4.69) is 10.3 Å². The van der Waals surface area contributed by atoms with E-state index in [1.165, 1.54) is 12.1 Å². The first-order valence-corrected chi connectivity index (χ1v) is 10.2. The van der Waals surface area contributed by atoms with E-state index in [1.807, 2.05) is 0 Å². The van der Waals surface area contributed by atoms with Gasteiger partial charge < -0.3 is 21.6 Å². The maximum absolute atomic E-state index is 13.5. The molecule has 0 aromatic heterocycles. The van der Waals surface area contributed by atoms with Gasteiger partial charge in [-0.3, -0.25) is 9.79 Å². The van der Waals surface area contributed by atoms with Crippen molar-refractivity contribution in [1.82, 2.24) is 5.32 Å². The number of amides is 1.